The van der Waals surface area contributed by atoms with Crippen molar-refractivity contribution in [3.8, 4) is 0 Å². The van der Waals surface area contributed by atoms with E-state index < -0.39 is 5.54 Å². The predicted octanol–water partition coefficient (Wildman–Crippen LogP) is 3.13. The van der Waals surface area contributed by atoms with Crippen molar-refractivity contribution in [3.05, 3.63) is 46.2 Å². The average molecular weight is 377 g/mol. The van der Waals surface area contributed by atoms with E-state index in [-0.39, 0.29) is 11.7 Å². The third-order valence-corrected chi connectivity index (χ3v) is 5.61. The highest BCUT2D eigenvalue weighted by Gasteiger charge is 2.42. The molecule has 0 aliphatic carbocycles. The van der Waals surface area contributed by atoms with Crippen LogP contribution in [0.5, 0.6) is 0 Å². The van der Waals surface area contributed by atoms with Gasteiger partial charge >= 0.3 is 0 Å². The van der Waals surface area contributed by atoms with Crippen LogP contribution in [0.25, 0.3) is 0 Å². The first kappa shape index (κ1) is 18.8. The molecule has 1 aromatic carbocycles. The molecule has 3 rings (SSSR count). The Morgan fingerprint density at radius 2 is 2.12 bits per heavy atom. The van der Waals surface area contributed by atoms with E-state index >= 15 is 0 Å². The fraction of sp³-hybridized carbons (Fsp3) is 0.474. The fourth-order valence-corrected chi connectivity index (χ4v) is 4.07. The lowest BCUT2D eigenvalue weighted by molar-refractivity contribution is -0.135. The van der Waals surface area contributed by atoms with Gasteiger partial charge in [-0.1, -0.05) is 6.07 Å². The van der Waals surface area contributed by atoms with Gasteiger partial charge in [0.1, 0.15) is 11.4 Å². The number of hydrogen-bond acceptors (Lipinski definition) is 5. The van der Waals surface area contributed by atoms with Crippen molar-refractivity contribution in [2.75, 3.05) is 32.5 Å². The summed E-state index contributed by atoms with van der Waals surface area (Å²) in [5.74, 6) is -0.273. The number of piperidine rings is 1. The molecule has 140 valence electrons. The van der Waals surface area contributed by atoms with Gasteiger partial charge in [0.25, 0.3) is 0 Å². The molecule has 1 amide bonds. The van der Waals surface area contributed by atoms with E-state index in [4.69, 9.17) is 0 Å². The molecular formula is C19H25FN4OS. The maximum Gasteiger partial charge on any atom is 0.247 e. The van der Waals surface area contributed by atoms with Gasteiger partial charge in [-0.05, 0) is 38.0 Å². The number of halogens is 1. The highest BCUT2D eigenvalue weighted by Crippen LogP contribution is 2.30. The standard InChI is InChI=1S/C19H25FN4OS/c1-14-21-17(13-26-14)12-24-9-7-19(8-10-24,18(25)23(2)3)22-16-6-4-5-15(20)11-16/h4-6,11,13,22H,7-10,12H2,1-3H3. The third-order valence-electron chi connectivity index (χ3n) is 4.79. The number of aryl methyl sites for hydroxylation is 1. The predicted molar refractivity (Wildman–Crippen MR) is 103 cm³/mol. The zero-order valence-electron chi connectivity index (χ0n) is 15.5. The SMILES string of the molecule is Cc1nc(CN2CCC(Nc3cccc(F)c3)(C(=O)N(C)C)CC2)cs1. The van der Waals surface area contributed by atoms with Crippen LogP contribution in [0.3, 0.4) is 0 Å². The largest absolute Gasteiger partial charge is 0.371 e. The van der Waals surface area contributed by atoms with E-state index in [0.29, 0.717) is 18.5 Å². The number of amides is 1. The second kappa shape index (κ2) is 7.72. The molecule has 0 saturated carbocycles. The molecule has 1 aromatic heterocycles. The van der Waals surface area contributed by atoms with Gasteiger partial charge in [-0.15, -0.1) is 11.3 Å². The van der Waals surface area contributed by atoms with E-state index in [0.717, 1.165) is 30.3 Å². The Kier molecular flexibility index (Phi) is 5.58. The van der Waals surface area contributed by atoms with Gasteiger partial charge < -0.3 is 10.2 Å². The first-order valence-electron chi connectivity index (χ1n) is 8.77. The van der Waals surface area contributed by atoms with Crippen LogP contribution in [-0.4, -0.2) is 53.4 Å². The highest BCUT2D eigenvalue weighted by molar-refractivity contribution is 7.09. The Bertz CT molecular complexity index is 768. The summed E-state index contributed by atoms with van der Waals surface area (Å²) in [5.41, 5.74) is 1.02. The summed E-state index contributed by atoms with van der Waals surface area (Å²) in [5, 5.41) is 6.50. The molecule has 0 unspecified atom stereocenters. The molecule has 1 fully saturated rings. The van der Waals surface area contributed by atoms with Crippen LogP contribution in [0.15, 0.2) is 29.6 Å². The van der Waals surface area contributed by atoms with Crippen LogP contribution >= 0.6 is 11.3 Å². The average Bonchev–Trinajstić information content (AvgIpc) is 3.01. The number of thiazole rings is 1. The number of likely N-dealkylation sites (N-methyl/N-ethyl adjacent to an activating group) is 1. The first-order valence-corrected chi connectivity index (χ1v) is 9.65. The summed E-state index contributed by atoms with van der Waals surface area (Å²) < 4.78 is 13.6. The van der Waals surface area contributed by atoms with E-state index in [2.05, 4.69) is 20.6 Å². The van der Waals surface area contributed by atoms with Gasteiger partial charge in [0, 0.05) is 44.8 Å². The Balaban J connectivity index is 1.73. The van der Waals surface area contributed by atoms with E-state index in [1.54, 1.807) is 42.5 Å². The highest BCUT2D eigenvalue weighted by atomic mass is 32.1. The summed E-state index contributed by atoms with van der Waals surface area (Å²) in [4.78, 5) is 21.4. The van der Waals surface area contributed by atoms with Crippen LogP contribution in [0.1, 0.15) is 23.5 Å². The molecule has 2 aromatic rings. The number of carbonyl (C=O) groups excluding carboxylic acids is 1. The minimum atomic E-state index is -0.703. The Morgan fingerprint density at radius 1 is 1.38 bits per heavy atom. The quantitative estimate of drug-likeness (QED) is 0.871. The topological polar surface area (TPSA) is 48.5 Å². The van der Waals surface area contributed by atoms with Gasteiger partial charge in [-0.2, -0.15) is 0 Å². The number of carbonyl (C=O) groups is 1. The van der Waals surface area contributed by atoms with Crippen molar-refractivity contribution in [1.29, 1.82) is 0 Å². The van der Waals surface area contributed by atoms with Crippen molar-refractivity contribution < 1.29 is 9.18 Å². The summed E-state index contributed by atoms with van der Waals surface area (Å²) in [6.45, 7) is 4.39. The number of rotatable bonds is 5. The molecule has 7 heteroatoms. The second-order valence-corrected chi connectivity index (χ2v) is 8.11. The summed E-state index contributed by atoms with van der Waals surface area (Å²) in [6, 6.07) is 6.31. The third kappa shape index (κ3) is 4.22. The zero-order chi connectivity index (χ0) is 18.7. The van der Waals surface area contributed by atoms with Crippen molar-refractivity contribution in [2.45, 2.75) is 31.8 Å². The van der Waals surface area contributed by atoms with Gasteiger partial charge in [0.15, 0.2) is 0 Å². The van der Waals surface area contributed by atoms with E-state index in [1.807, 2.05) is 6.92 Å². The van der Waals surface area contributed by atoms with E-state index in [1.165, 1.54) is 12.1 Å². The lowest BCUT2D eigenvalue weighted by Crippen LogP contribution is -2.57. The fourth-order valence-electron chi connectivity index (χ4n) is 3.47. The van der Waals surface area contributed by atoms with Crippen molar-refractivity contribution >= 4 is 22.9 Å². The molecule has 0 spiro atoms. The molecule has 1 N–H and O–H groups in total. The lowest BCUT2D eigenvalue weighted by Gasteiger charge is -2.42. The molecule has 0 bridgehead atoms. The molecule has 1 saturated heterocycles. The Morgan fingerprint density at radius 3 is 2.69 bits per heavy atom. The molecule has 1 aliphatic rings. The number of hydrogen-bond donors (Lipinski definition) is 1. The van der Waals surface area contributed by atoms with Crippen LogP contribution in [-0.2, 0) is 11.3 Å². The molecule has 2 heterocycles. The van der Waals surface area contributed by atoms with Crippen molar-refractivity contribution in [2.24, 2.45) is 0 Å². The maximum atomic E-state index is 13.6. The molecule has 5 nitrogen and oxygen atoms in total. The van der Waals surface area contributed by atoms with Crippen LogP contribution in [0.2, 0.25) is 0 Å². The molecule has 0 atom stereocenters. The molecular weight excluding hydrogens is 351 g/mol. The number of aromatic nitrogens is 1. The Hall–Kier alpha value is -1.99. The smallest absolute Gasteiger partial charge is 0.247 e. The normalized spacial score (nSPS) is 17.1. The minimum absolute atomic E-state index is 0.0333. The van der Waals surface area contributed by atoms with Crippen LogP contribution in [0.4, 0.5) is 10.1 Å². The molecule has 26 heavy (non-hydrogen) atoms. The summed E-state index contributed by atoms with van der Waals surface area (Å²) in [6.07, 6.45) is 1.34. The number of nitrogens with one attached hydrogen (secondary N) is 1. The number of benzene rings is 1. The minimum Gasteiger partial charge on any atom is -0.371 e. The second-order valence-electron chi connectivity index (χ2n) is 7.05. The number of nitrogens with zero attached hydrogens (tertiary/aromatic N) is 3. The maximum absolute atomic E-state index is 13.6. The zero-order valence-corrected chi connectivity index (χ0v) is 16.3. The van der Waals surface area contributed by atoms with E-state index in [9.17, 15) is 9.18 Å². The number of likely N-dealkylation sites (tertiary alicyclic amines) is 1. The molecule has 1 aliphatic heterocycles. The van der Waals surface area contributed by atoms with Crippen LogP contribution in [0, 0.1) is 12.7 Å². The Labute approximate surface area is 157 Å². The summed E-state index contributed by atoms with van der Waals surface area (Å²) in [7, 11) is 3.53. The van der Waals surface area contributed by atoms with Crippen LogP contribution < -0.4 is 5.32 Å². The van der Waals surface area contributed by atoms with Gasteiger partial charge in [-0.3, -0.25) is 9.69 Å². The van der Waals surface area contributed by atoms with Gasteiger partial charge in [-0.25, -0.2) is 9.37 Å². The van der Waals surface area contributed by atoms with Gasteiger partial charge in [0.05, 0.1) is 10.7 Å². The van der Waals surface area contributed by atoms with Crippen molar-refractivity contribution in [3.63, 3.8) is 0 Å². The van der Waals surface area contributed by atoms with Gasteiger partial charge in [0.2, 0.25) is 5.91 Å². The first-order chi connectivity index (χ1) is 12.4. The monoisotopic (exact) mass is 376 g/mol. The summed E-state index contributed by atoms with van der Waals surface area (Å²) >= 11 is 1.66. The number of anilines is 1. The van der Waals surface area contributed by atoms with Crippen molar-refractivity contribution in [1.82, 2.24) is 14.8 Å². The molecule has 0 radical (unpaired) electrons. The lowest BCUT2D eigenvalue weighted by atomic mass is 9.85.